The summed E-state index contributed by atoms with van der Waals surface area (Å²) in [6.07, 6.45) is -0.238. The average molecular weight is 420 g/mol. The molecule has 0 fully saturated rings. The Morgan fingerprint density at radius 1 is 0.862 bits per heavy atom. The molecule has 1 unspecified atom stereocenters. The van der Waals surface area contributed by atoms with Crippen molar-refractivity contribution in [1.82, 2.24) is 5.32 Å². The van der Waals surface area contributed by atoms with Crippen molar-refractivity contribution in [2.24, 2.45) is 0 Å². The van der Waals surface area contributed by atoms with Crippen molar-refractivity contribution in [3.8, 4) is 11.1 Å². The number of carbonyl (C=O) groups is 1. The number of benzene rings is 2. The first-order chi connectivity index (χ1) is 14.2. The number of carbonyl (C=O) groups excluding carboxylic acids is 1. The second-order valence-electron chi connectivity index (χ2n) is 6.74. The van der Waals surface area contributed by atoms with Crippen LogP contribution in [0, 0.1) is 0 Å². The predicted molar refractivity (Wildman–Crippen MR) is 120 cm³/mol. The predicted octanol–water partition coefficient (Wildman–Crippen LogP) is 5.42. The summed E-state index contributed by atoms with van der Waals surface area (Å²) in [5.41, 5.74) is 3.30. The lowest BCUT2D eigenvalue weighted by molar-refractivity contribution is -0.120. The molecule has 4 rings (SSSR count). The van der Waals surface area contributed by atoms with Gasteiger partial charge in [-0.15, -0.1) is 22.7 Å². The maximum atomic E-state index is 12.3. The summed E-state index contributed by atoms with van der Waals surface area (Å²) in [4.78, 5) is 15.2. The fraction of sp³-hybridized carbons (Fsp3) is 0.125. The van der Waals surface area contributed by atoms with Crippen LogP contribution >= 0.6 is 22.7 Å². The minimum absolute atomic E-state index is 0.00813. The molecular weight excluding hydrogens is 398 g/mol. The number of hydrogen-bond donors (Lipinski definition) is 2. The van der Waals surface area contributed by atoms with Gasteiger partial charge in [0.05, 0.1) is 13.0 Å². The van der Waals surface area contributed by atoms with Crippen LogP contribution in [0.5, 0.6) is 0 Å². The van der Waals surface area contributed by atoms with Gasteiger partial charge in [-0.25, -0.2) is 0 Å². The topological polar surface area (TPSA) is 49.3 Å². The number of rotatable bonds is 7. The summed E-state index contributed by atoms with van der Waals surface area (Å²) < 4.78 is 0. The molecule has 0 saturated heterocycles. The molecule has 29 heavy (non-hydrogen) atoms. The summed E-state index contributed by atoms with van der Waals surface area (Å²) in [6, 6.07) is 26.1. The van der Waals surface area contributed by atoms with Gasteiger partial charge in [0, 0.05) is 14.6 Å². The second kappa shape index (κ2) is 9.18. The van der Waals surface area contributed by atoms with Gasteiger partial charge in [0.1, 0.15) is 6.10 Å². The molecule has 0 spiro atoms. The van der Waals surface area contributed by atoms with Gasteiger partial charge in [-0.05, 0) is 40.3 Å². The van der Waals surface area contributed by atoms with Crippen LogP contribution in [0.4, 0.5) is 0 Å². The van der Waals surface area contributed by atoms with Crippen molar-refractivity contribution in [3.63, 3.8) is 0 Å². The third-order valence-corrected chi connectivity index (χ3v) is 6.71. The van der Waals surface area contributed by atoms with Crippen molar-refractivity contribution in [2.75, 3.05) is 0 Å². The molecule has 0 bridgehead atoms. The number of nitrogens with one attached hydrogen (secondary N) is 1. The summed E-state index contributed by atoms with van der Waals surface area (Å²) in [5, 5.41) is 15.3. The van der Waals surface area contributed by atoms with Gasteiger partial charge in [-0.1, -0.05) is 60.7 Å². The van der Waals surface area contributed by atoms with E-state index in [9.17, 15) is 9.90 Å². The standard InChI is InChI=1S/C24H21NO2S2/c26-23(15-17-8-10-19(11-9-17)18-5-2-1-3-6-18)25-16-20-12-13-22(29-20)24(27)21-7-4-14-28-21/h1-14,24,27H,15-16H2,(H,25,26). The Bertz CT molecular complexity index is 1050. The number of hydrogen-bond acceptors (Lipinski definition) is 4. The van der Waals surface area contributed by atoms with Crippen LogP contribution in [-0.4, -0.2) is 11.0 Å². The van der Waals surface area contributed by atoms with Crippen molar-refractivity contribution < 1.29 is 9.90 Å². The van der Waals surface area contributed by atoms with Crippen molar-refractivity contribution >= 4 is 28.6 Å². The molecule has 4 aromatic rings. The SMILES string of the molecule is O=C(Cc1ccc(-c2ccccc2)cc1)NCc1ccc(C(O)c2cccs2)s1. The van der Waals surface area contributed by atoms with Gasteiger partial charge in [0.15, 0.2) is 0 Å². The lowest BCUT2D eigenvalue weighted by Gasteiger charge is -2.06. The highest BCUT2D eigenvalue weighted by Gasteiger charge is 2.14. The molecule has 1 atom stereocenters. The Kier molecular flexibility index (Phi) is 6.20. The Balaban J connectivity index is 1.30. The van der Waals surface area contributed by atoms with Crippen LogP contribution < -0.4 is 5.32 Å². The quantitative estimate of drug-likeness (QED) is 0.420. The molecule has 2 N–H and O–H groups in total. The van der Waals surface area contributed by atoms with Gasteiger partial charge < -0.3 is 10.4 Å². The molecule has 0 aliphatic carbocycles. The molecule has 0 aliphatic heterocycles. The molecule has 2 heterocycles. The molecule has 0 saturated carbocycles. The molecule has 3 nitrogen and oxygen atoms in total. The smallest absolute Gasteiger partial charge is 0.224 e. The minimum atomic E-state index is -0.590. The number of aliphatic hydroxyl groups excluding tert-OH is 1. The van der Waals surface area contributed by atoms with E-state index in [1.54, 1.807) is 11.3 Å². The maximum Gasteiger partial charge on any atom is 0.224 e. The van der Waals surface area contributed by atoms with Crippen molar-refractivity contribution in [1.29, 1.82) is 0 Å². The fourth-order valence-electron chi connectivity index (χ4n) is 3.10. The molecule has 0 aliphatic rings. The molecular formula is C24H21NO2S2. The summed E-state index contributed by atoms with van der Waals surface area (Å²) in [7, 11) is 0. The van der Waals surface area contributed by atoms with Gasteiger partial charge in [-0.2, -0.15) is 0 Å². The van der Waals surface area contributed by atoms with E-state index in [2.05, 4.69) is 29.6 Å². The summed E-state index contributed by atoms with van der Waals surface area (Å²) >= 11 is 3.07. The summed E-state index contributed by atoms with van der Waals surface area (Å²) in [5.74, 6) is -0.00813. The van der Waals surface area contributed by atoms with E-state index in [4.69, 9.17) is 0 Å². The third-order valence-electron chi connectivity index (χ3n) is 4.65. The Hall–Kier alpha value is -2.73. The van der Waals surface area contributed by atoms with E-state index in [-0.39, 0.29) is 5.91 Å². The van der Waals surface area contributed by atoms with E-state index in [0.29, 0.717) is 13.0 Å². The van der Waals surface area contributed by atoms with Crippen LogP contribution in [0.2, 0.25) is 0 Å². The van der Waals surface area contributed by atoms with E-state index < -0.39 is 6.10 Å². The first-order valence-electron chi connectivity index (χ1n) is 9.40. The van der Waals surface area contributed by atoms with E-state index in [1.807, 2.05) is 60.0 Å². The number of aliphatic hydroxyl groups is 1. The molecule has 5 heteroatoms. The van der Waals surface area contributed by atoms with Gasteiger partial charge >= 0.3 is 0 Å². The van der Waals surface area contributed by atoms with Gasteiger partial charge in [0.25, 0.3) is 0 Å². The van der Waals surface area contributed by atoms with Crippen molar-refractivity contribution in [2.45, 2.75) is 19.1 Å². The highest BCUT2D eigenvalue weighted by molar-refractivity contribution is 7.12. The zero-order valence-electron chi connectivity index (χ0n) is 15.7. The van der Waals surface area contributed by atoms with E-state index in [1.165, 1.54) is 16.9 Å². The first kappa shape index (κ1) is 19.6. The molecule has 146 valence electrons. The highest BCUT2D eigenvalue weighted by Crippen LogP contribution is 2.30. The van der Waals surface area contributed by atoms with E-state index in [0.717, 1.165) is 25.8 Å². The first-order valence-corrected chi connectivity index (χ1v) is 11.1. The lowest BCUT2D eigenvalue weighted by Crippen LogP contribution is -2.24. The average Bonchev–Trinajstić information content (AvgIpc) is 3.45. The fourth-order valence-corrected chi connectivity index (χ4v) is 4.86. The van der Waals surface area contributed by atoms with Gasteiger partial charge in [0.2, 0.25) is 5.91 Å². The molecule has 1 amide bonds. The third kappa shape index (κ3) is 5.01. The van der Waals surface area contributed by atoms with Crippen LogP contribution in [0.3, 0.4) is 0 Å². The minimum Gasteiger partial charge on any atom is -0.382 e. The number of amides is 1. The van der Waals surface area contributed by atoms with Crippen LogP contribution in [0.1, 0.15) is 26.3 Å². The Morgan fingerprint density at radius 3 is 2.34 bits per heavy atom. The van der Waals surface area contributed by atoms with Crippen molar-refractivity contribution in [3.05, 3.63) is 104 Å². The molecule has 2 aromatic carbocycles. The normalized spacial score (nSPS) is 11.9. The lowest BCUT2D eigenvalue weighted by atomic mass is 10.0. The monoisotopic (exact) mass is 419 g/mol. The molecule has 0 radical (unpaired) electrons. The second-order valence-corrected chi connectivity index (χ2v) is 8.92. The van der Waals surface area contributed by atoms with Crippen LogP contribution in [0.25, 0.3) is 11.1 Å². The van der Waals surface area contributed by atoms with Crippen LogP contribution in [0.15, 0.2) is 84.2 Å². The van der Waals surface area contributed by atoms with E-state index >= 15 is 0 Å². The van der Waals surface area contributed by atoms with Gasteiger partial charge in [-0.3, -0.25) is 4.79 Å². The Morgan fingerprint density at radius 2 is 1.62 bits per heavy atom. The molecule has 2 aromatic heterocycles. The van der Waals surface area contributed by atoms with Crippen LogP contribution in [-0.2, 0) is 17.8 Å². The zero-order chi connectivity index (χ0) is 20.1. The number of thiophene rings is 2. The highest BCUT2D eigenvalue weighted by atomic mass is 32.1. The zero-order valence-corrected chi connectivity index (χ0v) is 17.4. The maximum absolute atomic E-state index is 12.3. The summed E-state index contributed by atoms with van der Waals surface area (Å²) in [6.45, 7) is 0.475. The Labute approximate surface area is 178 Å². The largest absolute Gasteiger partial charge is 0.382 e.